The average molecular weight is 424 g/mol. The number of ether oxygens (including phenoxy) is 3. The van der Waals surface area contributed by atoms with Crippen LogP contribution in [0.25, 0.3) is 6.08 Å². The van der Waals surface area contributed by atoms with E-state index in [0.717, 1.165) is 4.90 Å². The lowest BCUT2D eigenvalue weighted by atomic mass is 10.1. The third-order valence-corrected chi connectivity index (χ3v) is 4.39. The third kappa shape index (κ3) is 4.53. The minimum Gasteiger partial charge on any atom is -0.493 e. The van der Waals surface area contributed by atoms with Crippen LogP contribution < -0.4 is 24.4 Å². The molecule has 3 rings (SSSR count). The van der Waals surface area contributed by atoms with Crippen LogP contribution in [-0.2, 0) is 9.59 Å². The van der Waals surface area contributed by atoms with Crippen LogP contribution in [-0.4, -0.2) is 37.7 Å². The molecule has 0 atom stereocenters. The van der Waals surface area contributed by atoms with Gasteiger partial charge in [-0.3, -0.25) is 14.9 Å². The van der Waals surface area contributed by atoms with Crippen molar-refractivity contribution in [2.24, 2.45) is 0 Å². The van der Waals surface area contributed by atoms with Crippen LogP contribution >= 0.6 is 0 Å². The molecular formula is C23H24N2O6. The first-order valence-corrected chi connectivity index (χ1v) is 9.84. The molecule has 2 aromatic carbocycles. The van der Waals surface area contributed by atoms with Crippen molar-refractivity contribution in [1.29, 1.82) is 0 Å². The van der Waals surface area contributed by atoms with E-state index in [4.69, 9.17) is 14.2 Å². The molecule has 1 heterocycles. The van der Waals surface area contributed by atoms with Gasteiger partial charge in [0, 0.05) is 5.56 Å². The Kier molecular flexibility index (Phi) is 6.59. The summed E-state index contributed by atoms with van der Waals surface area (Å²) in [5.74, 6) is -0.349. The molecule has 0 spiro atoms. The number of benzene rings is 2. The number of imide groups is 2. The van der Waals surface area contributed by atoms with Gasteiger partial charge in [-0.2, -0.15) is 0 Å². The summed E-state index contributed by atoms with van der Waals surface area (Å²) in [6.07, 6.45) is 1.22. The number of hydrogen-bond acceptors (Lipinski definition) is 6. The molecule has 1 aliphatic heterocycles. The van der Waals surface area contributed by atoms with Crippen LogP contribution in [0.3, 0.4) is 0 Å². The number of nitrogens with one attached hydrogen (secondary N) is 1. The van der Waals surface area contributed by atoms with E-state index in [1.54, 1.807) is 49.4 Å². The Morgan fingerprint density at radius 2 is 1.74 bits per heavy atom. The van der Waals surface area contributed by atoms with Crippen molar-refractivity contribution in [3.63, 3.8) is 0 Å². The van der Waals surface area contributed by atoms with Crippen molar-refractivity contribution in [1.82, 2.24) is 5.32 Å². The summed E-state index contributed by atoms with van der Waals surface area (Å²) in [5, 5.41) is 2.22. The van der Waals surface area contributed by atoms with Gasteiger partial charge in [-0.25, -0.2) is 9.69 Å². The average Bonchev–Trinajstić information content (AvgIpc) is 2.73. The highest BCUT2D eigenvalue weighted by Crippen LogP contribution is 2.35. The second-order valence-electron chi connectivity index (χ2n) is 6.90. The third-order valence-electron chi connectivity index (χ3n) is 4.39. The highest BCUT2D eigenvalue weighted by Gasteiger charge is 2.38. The fourth-order valence-electron chi connectivity index (χ4n) is 3.12. The quantitative estimate of drug-likeness (QED) is 0.540. The Bertz CT molecular complexity index is 1040. The number of rotatable bonds is 7. The van der Waals surface area contributed by atoms with Crippen molar-refractivity contribution in [2.75, 3.05) is 18.6 Å². The summed E-state index contributed by atoms with van der Waals surface area (Å²) in [6.45, 7) is 5.85. The molecule has 8 nitrogen and oxygen atoms in total. The molecule has 1 saturated heterocycles. The minimum absolute atomic E-state index is 0.166. The molecule has 0 unspecified atom stereocenters. The monoisotopic (exact) mass is 424 g/mol. The number of nitrogens with zero attached hydrogens (tertiary/aromatic N) is 1. The zero-order valence-corrected chi connectivity index (χ0v) is 17.8. The molecule has 0 aliphatic carbocycles. The number of methoxy groups -OCH3 is 1. The van der Waals surface area contributed by atoms with Gasteiger partial charge < -0.3 is 14.2 Å². The summed E-state index contributed by atoms with van der Waals surface area (Å²) in [7, 11) is 1.50. The van der Waals surface area contributed by atoms with Crippen molar-refractivity contribution in [2.45, 2.75) is 26.9 Å². The Morgan fingerprint density at radius 3 is 2.42 bits per heavy atom. The molecule has 4 amide bonds. The van der Waals surface area contributed by atoms with E-state index in [1.165, 1.54) is 13.2 Å². The molecule has 0 radical (unpaired) electrons. The van der Waals surface area contributed by atoms with Gasteiger partial charge in [0.1, 0.15) is 11.3 Å². The lowest BCUT2D eigenvalue weighted by molar-refractivity contribution is -0.122. The Balaban J connectivity index is 2.09. The van der Waals surface area contributed by atoms with Crippen LogP contribution in [0, 0.1) is 0 Å². The lowest BCUT2D eigenvalue weighted by Crippen LogP contribution is -2.54. The first kappa shape index (κ1) is 21.9. The first-order chi connectivity index (χ1) is 14.9. The molecule has 1 N–H and O–H groups in total. The normalized spacial score (nSPS) is 15.3. The summed E-state index contributed by atoms with van der Waals surface area (Å²) >= 11 is 0. The van der Waals surface area contributed by atoms with Crippen molar-refractivity contribution >= 4 is 29.6 Å². The number of urea groups is 1. The van der Waals surface area contributed by atoms with Crippen LogP contribution in [0.15, 0.2) is 48.0 Å². The number of para-hydroxylation sites is 3. The van der Waals surface area contributed by atoms with Crippen LogP contribution in [0.5, 0.6) is 17.2 Å². The summed E-state index contributed by atoms with van der Waals surface area (Å²) in [6, 6.07) is 10.9. The number of amides is 4. The first-order valence-electron chi connectivity index (χ1n) is 9.84. The van der Waals surface area contributed by atoms with Gasteiger partial charge in [-0.15, -0.1) is 0 Å². The standard InChI is InChI=1S/C23H24N2O6/c1-5-30-18-11-7-6-10-17(18)25-22(27)16(21(26)24-23(25)28)13-15-9-8-12-19(29-4)20(15)31-14(2)3/h6-14H,5H2,1-4H3,(H,24,26,28)/b16-13+. The summed E-state index contributed by atoms with van der Waals surface area (Å²) in [5.41, 5.74) is 0.501. The highest BCUT2D eigenvalue weighted by molar-refractivity contribution is 6.39. The van der Waals surface area contributed by atoms with Gasteiger partial charge in [0.2, 0.25) is 0 Å². The summed E-state index contributed by atoms with van der Waals surface area (Å²) < 4.78 is 16.8. The smallest absolute Gasteiger partial charge is 0.336 e. The molecular weight excluding hydrogens is 400 g/mol. The van der Waals surface area contributed by atoms with Gasteiger partial charge in [0.25, 0.3) is 11.8 Å². The predicted octanol–water partition coefficient (Wildman–Crippen LogP) is 3.55. The molecule has 162 valence electrons. The summed E-state index contributed by atoms with van der Waals surface area (Å²) in [4.78, 5) is 39.2. The topological polar surface area (TPSA) is 94.2 Å². The molecule has 8 heteroatoms. The van der Waals surface area contributed by atoms with Crippen LogP contribution in [0.4, 0.5) is 10.5 Å². The molecule has 1 aliphatic rings. The Morgan fingerprint density at radius 1 is 1.03 bits per heavy atom. The van der Waals surface area contributed by atoms with Gasteiger partial charge in [-0.05, 0) is 45.0 Å². The number of barbiturate groups is 1. The van der Waals surface area contributed by atoms with E-state index >= 15 is 0 Å². The fraction of sp³-hybridized carbons (Fsp3) is 0.261. The molecule has 31 heavy (non-hydrogen) atoms. The van der Waals surface area contributed by atoms with E-state index in [0.29, 0.717) is 29.4 Å². The largest absolute Gasteiger partial charge is 0.493 e. The fourth-order valence-corrected chi connectivity index (χ4v) is 3.12. The maximum absolute atomic E-state index is 13.2. The zero-order valence-electron chi connectivity index (χ0n) is 17.8. The predicted molar refractivity (Wildman–Crippen MR) is 115 cm³/mol. The number of hydrogen-bond donors (Lipinski definition) is 1. The van der Waals surface area contributed by atoms with E-state index in [1.807, 2.05) is 13.8 Å². The number of anilines is 1. The molecule has 0 aromatic heterocycles. The van der Waals surface area contributed by atoms with Crippen LogP contribution in [0.2, 0.25) is 0 Å². The van der Waals surface area contributed by atoms with E-state index in [9.17, 15) is 14.4 Å². The molecule has 0 saturated carbocycles. The van der Waals surface area contributed by atoms with Gasteiger partial charge in [-0.1, -0.05) is 24.3 Å². The van der Waals surface area contributed by atoms with Gasteiger partial charge >= 0.3 is 6.03 Å². The van der Waals surface area contributed by atoms with Crippen molar-refractivity contribution in [3.8, 4) is 17.2 Å². The van der Waals surface area contributed by atoms with Gasteiger partial charge in [0.15, 0.2) is 11.5 Å². The zero-order chi connectivity index (χ0) is 22.5. The second kappa shape index (κ2) is 9.34. The second-order valence-corrected chi connectivity index (χ2v) is 6.90. The highest BCUT2D eigenvalue weighted by atomic mass is 16.5. The number of carbonyl (C=O) groups is 3. The number of carbonyl (C=O) groups excluding carboxylic acids is 3. The van der Waals surface area contributed by atoms with Gasteiger partial charge in [0.05, 0.1) is 25.5 Å². The van der Waals surface area contributed by atoms with E-state index in [-0.39, 0.29) is 17.4 Å². The lowest BCUT2D eigenvalue weighted by Gasteiger charge is -2.27. The Labute approximate surface area is 180 Å². The SMILES string of the molecule is CCOc1ccccc1N1C(=O)NC(=O)/C(=C\c2cccc(OC)c2OC(C)C)C1=O. The van der Waals surface area contributed by atoms with Crippen molar-refractivity contribution < 1.29 is 28.6 Å². The van der Waals surface area contributed by atoms with Crippen LogP contribution in [0.1, 0.15) is 26.3 Å². The molecule has 1 fully saturated rings. The Hall–Kier alpha value is -3.81. The molecule has 0 bridgehead atoms. The van der Waals surface area contributed by atoms with E-state index < -0.39 is 17.8 Å². The minimum atomic E-state index is -0.844. The molecule has 2 aromatic rings. The van der Waals surface area contributed by atoms with E-state index in [2.05, 4.69) is 5.32 Å². The van der Waals surface area contributed by atoms with Crippen molar-refractivity contribution in [3.05, 3.63) is 53.6 Å². The maximum Gasteiger partial charge on any atom is 0.336 e. The maximum atomic E-state index is 13.2.